The molecule has 17 heavy (non-hydrogen) atoms. The third-order valence-corrected chi connectivity index (χ3v) is 3.17. The Kier molecular flexibility index (Phi) is 6.09. The number of hydrogen-bond donors (Lipinski definition) is 2. The summed E-state index contributed by atoms with van der Waals surface area (Å²) >= 11 is 3.24. The second-order valence-corrected chi connectivity index (χ2v) is 5.25. The second-order valence-electron chi connectivity index (χ2n) is 4.33. The van der Waals surface area contributed by atoms with Crippen molar-refractivity contribution in [2.75, 3.05) is 6.54 Å². The minimum Gasteiger partial charge on any atom is -0.393 e. The van der Waals surface area contributed by atoms with Crippen LogP contribution in [0.4, 0.5) is 4.39 Å². The second kappa shape index (κ2) is 7.09. The third kappa shape index (κ3) is 5.15. The van der Waals surface area contributed by atoms with Gasteiger partial charge >= 0.3 is 0 Å². The van der Waals surface area contributed by atoms with Crippen LogP contribution < -0.4 is 5.32 Å². The van der Waals surface area contributed by atoms with Gasteiger partial charge in [-0.05, 0) is 45.4 Å². The third-order valence-electron chi connectivity index (χ3n) is 2.68. The van der Waals surface area contributed by atoms with Gasteiger partial charge in [0, 0.05) is 16.1 Å². The van der Waals surface area contributed by atoms with Crippen molar-refractivity contribution >= 4 is 15.9 Å². The zero-order chi connectivity index (χ0) is 12.8. The molecule has 0 aromatic heterocycles. The summed E-state index contributed by atoms with van der Waals surface area (Å²) in [5.74, 6) is -0.199. The number of rotatable bonds is 6. The molecule has 4 heteroatoms. The molecule has 96 valence electrons. The molecule has 0 fully saturated rings. The minimum atomic E-state index is -0.267. The Morgan fingerprint density at radius 3 is 2.71 bits per heavy atom. The highest BCUT2D eigenvalue weighted by Crippen LogP contribution is 2.20. The Bertz CT molecular complexity index is 357. The molecule has 1 rings (SSSR count). The van der Waals surface area contributed by atoms with E-state index in [1.165, 1.54) is 6.07 Å². The van der Waals surface area contributed by atoms with Crippen LogP contribution in [-0.2, 0) is 0 Å². The Hall–Kier alpha value is -0.450. The maximum absolute atomic E-state index is 13.6. The molecule has 0 saturated carbocycles. The molecule has 0 radical (unpaired) electrons. The van der Waals surface area contributed by atoms with Crippen LogP contribution in [0, 0.1) is 5.82 Å². The fourth-order valence-corrected chi connectivity index (χ4v) is 2.01. The lowest BCUT2D eigenvalue weighted by molar-refractivity contribution is 0.181. The largest absolute Gasteiger partial charge is 0.393 e. The normalized spacial score (nSPS) is 14.6. The van der Waals surface area contributed by atoms with Gasteiger partial charge in [-0.25, -0.2) is 4.39 Å². The van der Waals surface area contributed by atoms with E-state index in [2.05, 4.69) is 21.2 Å². The maximum atomic E-state index is 13.6. The van der Waals surface area contributed by atoms with Crippen molar-refractivity contribution in [3.8, 4) is 0 Å². The highest BCUT2D eigenvalue weighted by molar-refractivity contribution is 9.10. The maximum Gasteiger partial charge on any atom is 0.129 e. The van der Waals surface area contributed by atoms with Crippen LogP contribution in [0.2, 0.25) is 0 Å². The molecule has 0 amide bonds. The van der Waals surface area contributed by atoms with E-state index >= 15 is 0 Å². The Labute approximate surface area is 110 Å². The van der Waals surface area contributed by atoms with Crippen molar-refractivity contribution in [2.24, 2.45) is 0 Å². The quantitative estimate of drug-likeness (QED) is 0.790. The van der Waals surface area contributed by atoms with Crippen LogP contribution in [0.5, 0.6) is 0 Å². The minimum absolute atomic E-state index is 0.0166. The molecule has 1 aromatic rings. The number of nitrogens with one attached hydrogen (secondary N) is 1. The summed E-state index contributed by atoms with van der Waals surface area (Å²) in [7, 11) is 0. The Morgan fingerprint density at radius 1 is 1.41 bits per heavy atom. The van der Waals surface area contributed by atoms with Crippen molar-refractivity contribution in [1.82, 2.24) is 5.32 Å². The van der Waals surface area contributed by atoms with E-state index in [1.54, 1.807) is 13.0 Å². The molecule has 0 heterocycles. The van der Waals surface area contributed by atoms with E-state index in [0.717, 1.165) is 23.9 Å². The highest BCUT2D eigenvalue weighted by atomic mass is 79.9. The van der Waals surface area contributed by atoms with Gasteiger partial charge in [0.05, 0.1) is 6.10 Å². The summed E-state index contributed by atoms with van der Waals surface area (Å²) < 4.78 is 14.4. The zero-order valence-corrected chi connectivity index (χ0v) is 11.8. The molecule has 0 aliphatic rings. The summed E-state index contributed by atoms with van der Waals surface area (Å²) in [6.07, 6.45) is 1.39. The van der Waals surface area contributed by atoms with E-state index < -0.39 is 0 Å². The van der Waals surface area contributed by atoms with E-state index in [0.29, 0.717) is 5.56 Å². The van der Waals surface area contributed by atoms with Crippen LogP contribution in [-0.4, -0.2) is 17.8 Å². The van der Waals surface area contributed by atoms with Gasteiger partial charge in [-0.2, -0.15) is 0 Å². The number of halogens is 2. The summed E-state index contributed by atoms with van der Waals surface area (Å²) in [4.78, 5) is 0. The zero-order valence-electron chi connectivity index (χ0n) is 10.2. The van der Waals surface area contributed by atoms with Gasteiger partial charge in [-0.1, -0.05) is 22.0 Å². The van der Waals surface area contributed by atoms with Crippen LogP contribution >= 0.6 is 15.9 Å². The smallest absolute Gasteiger partial charge is 0.129 e. The van der Waals surface area contributed by atoms with Crippen LogP contribution in [0.3, 0.4) is 0 Å². The first-order valence-corrected chi connectivity index (χ1v) is 6.66. The van der Waals surface area contributed by atoms with Gasteiger partial charge in [-0.3, -0.25) is 0 Å². The number of aliphatic hydroxyl groups excluding tert-OH is 1. The van der Waals surface area contributed by atoms with E-state index in [9.17, 15) is 4.39 Å². The average Bonchev–Trinajstić information content (AvgIpc) is 2.23. The molecule has 0 bridgehead atoms. The fourth-order valence-electron chi connectivity index (χ4n) is 1.68. The summed E-state index contributed by atoms with van der Waals surface area (Å²) in [5.41, 5.74) is 0.672. The van der Waals surface area contributed by atoms with E-state index in [1.807, 2.05) is 13.0 Å². The van der Waals surface area contributed by atoms with Crippen LogP contribution in [0.25, 0.3) is 0 Å². The van der Waals surface area contributed by atoms with Crippen molar-refractivity contribution < 1.29 is 9.50 Å². The lowest BCUT2D eigenvalue weighted by Gasteiger charge is -2.15. The molecule has 2 nitrogen and oxygen atoms in total. The van der Waals surface area contributed by atoms with Crippen molar-refractivity contribution in [3.05, 3.63) is 34.1 Å². The van der Waals surface area contributed by atoms with Gasteiger partial charge in [0.15, 0.2) is 0 Å². The standard InChI is InChI=1S/C13H19BrFNO/c1-9(17)4-3-7-16-10(2)12-6-5-11(14)8-13(12)15/h5-6,8-10,16-17H,3-4,7H2,1-2H3. The lowest BCUT2D eigenvalue weighted by Crippen LogP contribution is -2.21. The molecule has 0 spiro atoms. The SMILES string of the molecule is CC(O)CCCNC(C)c1ccc(Br)cc1F. The topological polar surface area (TPSA) is 32.3 Å². The predicted octanol–water partition coefficient (Wildman–Crippen LogP) is 3.40. The molecule has 0 saturated heterocycles. The summed E-state index contributed by atoms with van der Waals surface area (Å²) in [6, 6.07) is 5.08. The first-order valence-electron chi connectivity index (χ1n) is 5.87. The van der Waals surface area contributed by atoms with Gasteiger partial charge < -0.3 is 10.4 Å². The fraction of sp³-hybridized carbons (Fsp3) is 0.538. The van der Waals surface area contributed by atoms with Gasteiger partial charge in [-0.15, -0.1) is 0 Å². The van der Waals surface area contributed by atoms with Crippen molar-refractivity contribution in [3.63, 3.8) is 0 Å². The number of aliphatic hydroxyl groups is 1. The first kappa shape index (κ1) is 14.6. The van der Waals surface area contributed by atoms with E-state index in [4.69, 9.17) is 5.11 Å². The summed E-state index contributed by atoms with van der Waals surface area (Å²) in [5, 5.41) is 12.4. The first-order chi connectivity index (χ1) is 8.00. The van der Waals surface area contributed by atoms with Crippen LogP contribution in [0.1, 0.15) is 38.3 Å². The average molecular weight is 304 g/mol. The van der Waals surface area contributed by atoms with Crippen molar-refractivity contribution in [1.29, 1.82) is 0 Å². The van der Waals surface area contributed by atoms with Gasteiger partial charge in [0.25, 0.3) is 0 Å². The molecule has 0 aliphatic carbocycles. The molecule has 1 aromatic carbocycles. The number of benzene rings is 1. The molecule has 2 atom stereocenters. The van der Waals surface area contributed by atoms with E-state index in [-0.39, 0.29) is 18.0 Å². The van der Waals surface area contributed by atoms with Crippen molar-refractivity contribution in [2.45, 2.75) is 38.8 Å². The molecule has 0 aliphatic heterocycles. The predicted molar refractivity (Wildman–Crippen MR) is 71.4 cm³/mol. The summed E-state index contributed by atoms with van der Waals surface area (Å²) in [6.45, 7) is 4.49. The Balaban J connectivity index is 2.44. The number of hydrogen-bond acceptors (Lipinski definition) is 2. The molecule has 2 unspecified atom stereocenters. The van der Waals surface area contributed by atoms with Crippen LogP contribution in [0.15, 0.2) is 22.7 Å². The molecule has 2 N–H and O–H groups in total. The lowest BCUT2D eigenvalue weighted by atomic mass is 10.1. The van der Waals surface area contributed by atoms with Gasteiger partial charge in [0.1, 0.15) is 5.82 Å². The van der Waals surface area contributed by atoms with Gasteiger partial charge in [0.2, 0.25) is 0 Å². The Morgan fingerprint density at radius 2 is 2.12 bits per heavy atom. The molecular formula is C13H19BrFNO. The molecular weight excluding hydrogens is 285 g/mol. The highest BCUT2D eigenvalue weighted by Gasteiger charge is 2.10. The monoisotopic (exact) mass is 303 g/mol.